The summed E-state index contributed by atoms with van der Waals surface area (Å²) in [6.45, 7) is 2.06. The lowest BCUT2D eigenvalue weighted by atomic mass is 10.1. The first kappa shape index (κ1) is 17.9. The predicted molar refractivity (Wildman–Crippen MR) is 104 cm³/mol. The molecule has 2 aromatic carbocycles. The minimum Gasteiger partial charge on any atom is -0.493 e. The zero-order valence-electron chi connectivity index (χ0n) is 14.9. The van der Waals surface area contributed by atoms with E-state index in [4.69, 9.17) is 9.47 Å². The SMILES string of the molecule is CCc1ccccc1NC(=O)c1csc(-c2ccc(OC)c(OC)c2)n1. The summed E-state index contributed by atoms with van der Waals surface area (Å²) in [7, 11) is 3.19. The topological polar surface area (TPSA) is 60.5 Å². The van der Waals surface area contributed by atoms with Crippen LogP contribution in [0.3, 0.4) is 0 Å². The van der Waals surface area contributed by atoms with Crippen LogP contribution < -0.4 is 14.8 Å². The number of carbonyl (C=O) groups is 1. The van der Waals surface area contributed by atoms with Gasteiger partial charge in [0.25, 0.3) is 5.91 Å². The van der Waals surface area contributed by atoms with Crippen molar-refractivity contribution in [1.82, 2.24) is 4.98 Å². The summed E-state index contributed by atoms with van der Waals surface area (Å²) in [4.78, 5) is 17.0. The Morgan fingerprint density at radius 1 is 1.12 bits per heavy atom. The van der Waals surface area contributed by atoms with Crippen LogP contribution in [0.4, 0.5) is 5.69 Å². The van der Waals surface area contributed by atoms with Crippen LogP contribution in [0, 0.1) is 0 Å². The number of carbonyl (C=O) groups excluding carboxylic acids is 1. The fourth-order valence-electron chi connectivity index (χ4n) is 2.62. The van der Waals surface area contributed by atoms with Gasteiger partial charge in [-0.1, -0.05) is 25.1 Å². The van der Waals surface area contributed by atoms with Crippen LogP contribution in [0.5, 0.6) is 11.5 Å². The van der Waals surface area contributed by atoms with E-state index in [-0.39, 0.29) is 5.91 Å². The second-order valence-corrected chi connectivity index (χ2v) is 6.43. The van der Waals surface area contributed by atoms with Crippen LogP contribution >= 0.6 is 11.3 Å². The molecule has 0 fully saturated rings. The molecule has 1 heterocycles. The van der Waals surface area contributed by atoms with Crippen LogP contribution in [0.2, 0.25) is 0 Å². The molecule has 6 heteroatoms. The van der Waals surface area contributed by atoms with Crippen molar-refractivity contribution in [3.63, 3.8) is 0 Å². The molecule has 0 spiro atoms. The number of amides is 1. The van der Waals surface area contributed by atoms with Crippen LogP contribution in [-0.4, -0.2) is 25.1 Å². The number of nitrogens with zero attached hydrogens (tertiary/aromatic N) is 1. The third-order valence-corrected chi connectivity index (χ3v) is 4.91. The summed E-state index contributed by atoms with van der Waals surface area (Å²) >= 11 is 1.42. The van der Waals surface area contributed by atoms with E-state index in [0.29, 0.717) is 17.2 Å². The number of benzene rings is 2. The van der Waals surface area contributed by atoms with Crippen molar-refractivity contribution in [3.8, 4) is 22.1 Å². The molecule has 0 bridgehead atoms. The number of ether oxygens (including phenoxy) is 2. The van der Waals surface area contributed by atoms with Gasteiger partial charge in [0.15, 0.2) is 11.5 Å². The van der Waals surface area contributed by atoms with E-state index in [0.717, 1.165) is 28.2 Å². The Kier molecular flexibility index (Phi) is 5.53. The summed E-state index contributed by atoms with van der Waals surface area (Å²) < 4.78 is 10.6. The van der Waals surface area contributed by atoms with Crippen LogP contribution in [0.15, 0.2) is 47.8 Å². The molecule has 0 aliphatic carbocycles. The Bertz CT molecular complexity index is 921. The van der Waals surface area contributed by atoms with Gasteiger partial charge in [-0.25, -0.2) is 4.98 Å². The van der Waals surface area contributed by atoms with Gasteiger partial charge >= 0.3 is 0 Å². The van der Waals surface area contributed by atoms with E-state index in [1.54, 1.807) is 19.6 Å². The van der Waals surface area contributed by atoms with Gasteiger partial charge in [-0.2, -0.15) is 0 Å². The molecular weight excluding hydrogens is 348 g/mol. The lowest BCUT2D eigenvalue weighted by molar-refractivity contribution is 0.102. The van der Waals surface area contributed by atoms with Gasteiger partial charge in [0.2, 0.25) is 0 Å². The highest BCUT2D eigenvalue weighted by Gasteiger charge is 2.14. The van der Waals surface area contributed by atoms with Gasteiger partial charge in [-0.15, -0.1) is 11.3 Å². The van der Waals surface area contributed by atoms with Gasteiger partial charge in [0.1, 0.15) is 10.7 Å². The molecule has 5 nitrogen and oxygen atoms in total. The molecule has 0 saturated carbocycles. The van der Waals surface area contributed by atoms with Crippen LogP contribution in [0.25, 0.3) is 10.6 Å². The number of thiazole rings is 1. The zero-order valence-corrected chi connectivity index (χ0v) is 15.7. The molecule has 0 aliphatic heterocycles. The Morgan fingerprint density at radius 2 is 1.88 bits per heavy atom. The first-order valence-electron chi connectivity index (χ1n) is 8.23. The van der Waals surface area contributed by atoms with Crippen molar-refractivity contribution >= 4 is 22.9 Å². The maximum atomic E-state index is 12.5. The molecule has 0 aliphatic rings. The smallest absolute Gasteiger partial charge is 0.275 e. The fraction of sp³-hybridized carbons (Fsp3) is 0.200. The average molecular weight is 368 g/mol. The van der Waals surface area contributed by atoms with E-state index in [1.165, 1.54) is 11.3 Å². The Balaban J connectivity index is 1.82. The van der Waals surface area contributed by atoms with E-state index in [9.17, 15) is 4.79 Å². The summed E-state index contributed by atoms with van der Waals surface area (Å²) in [6, 6.07) is 13.4. The lowest BCUT2D eigenvalue weighted by Crippen LogP contribution is -2.13. The number of rotatable bonds is 6. The van der Waals surface area contributed by atoms with E-state index in [1.807, 2.05) is 42.5 Å². The van der Waals surface area contributed by atoms with Gasteiger partial charge < -0.3 is 14.8 Å². The monoisotopic (exact) mass is 368 g/mol. The number of methoxy groups -OCH3 is 2. The second kappa shape index (κ2) is 8.01. The normalized spacial score (nSPS) is 10.4. The molecule has 3 rings (SSSR count). The number of hydrogen-bond acceptors (Lipinski definition) is 5. The Labute approximate surface area is 156 Å². The fourth-order valence-corrected chi connectivity index (χ4v) is 3.41. The van der Waals surface area contributed by atoms with Gasteiger partial charge in [-0.3, -0.25) is 4.79 Å². The van der Waals surface area contributed by atoms with Gasteiger partial charge in [-0.05, 0) is 36.2 Å². The molecular formula is C20H20N2O3S. The number of hydrogen-bond donors (Lipinski definition) is 1. The molecule has 1 amide bonds. The molecule has 0 radical (unpaired) electrons. The quantitative estimate of drug-likeness (QED) is 0.688. The second-order valence-electron chi connectivity index (χ2n) is 5.57. The Hall–Kier alpha value is -2.86. The number of anilines is 1. The van der Waals surface area contributed by atoms with Gasteiger partial charge in [0, 0.05) is 16.6 Å². The van der Waals surface area contributed by atoms with Crippen LogP contribution in [0.1, 0.15) is 23.0 Å². The van der Waals surface area contributed by atoms with Crippen molar-refractivity contribution in [2.45, 2.75) is 13.3 Å². The number of aromatic nitrogens is 1. The molecule has 1 N–H and O–H groups in total. The lowest BCUT2D eigenvalue weighted by Gasteiger charge is -2.08. The predicted octanol–water partition coefficient (Wildman–Crippen LogP) is 4.64. The molecule has 0 atom stereocenters. The van der Waals surface area contributed by atoms with E-state index < -0.39 is 0 Å². The van der Waals surface area contributed by atoms with E-state index in [2.05, 4.69) is 17.2 Å². The molecule has 1 aromatic heterocycles. The molecule has 26 heavy (non-hydrogen) atoms. The Morgan fingerprint density at radius 3 is 2.62 bits per heavy atom. The maximum Gasteiger partial charge on any atom is 0.275 e. The molecule has 3 aromatic rings. The van der Waals surface area contributed by atoms with Crippen LogP contribution in [-0.2, 0) is 6.42 Å². The highest BCUT2D eigenvalue weighted by Crippen LogP contribution is 2.33. The minimum atomic E-state index is -0.214. The largest absolute Gasteiger partial charge is 0.493 e. The number of nitrogens with one attached hydrogen (secondary N) is 1. The minimum absolute atomic E-state index is 0.214. The highest BCUT2D eigenvalue weighted by atomic mass is 32.1. The van der Waals surface area contributed by atoms with Crippen molar-refractivity contribution in [2.24, 2.45) is 0 Å². The maximum absolute atomic E-state index is 12.5. The average Bonchev–Trinajstić information content (AvgIpc) is 3.18. The number of para-hydroxylation sites is 1. The standard InChI is InChI=1S/C20H20N2O3S/c1-4-13-7-5-6-8-15(13)21-19(23)16-12-26-20(22-16)14-9-10-17(24-2)18(11-14)25-3/h5-12H,4H2,1-3H3,(H,21,23). The third kappa shape index (κ3) is 3.70. The van der Waals surface area contributed by atoms with E-state index >= 15 is 0 Å². The molecule has 134 valence electrons. The zero-order chi connectivity index (χ0) is 18.5. The summed E-state index contributed by atoms with van der Waals surface area (Å²) in [5.41, 5.74) is 3.18. The van der Waals surface area contributed by atoms with Gasteiger partial charge in [0.05, 0.1) is 14.2 Å². The first-order valence-corrected chi connectivity index (χ1v) is 9.11. The summed E-state index contributed by atoms with van der Waals surface area (Å²) in [5, 5.41) is 5.45. The highest BCUT2D eigenvalue weighted by molar-refractivity contribution is 7.13. The summed E-state index contributed by atoms with van der Waals surface area (Å²) in [6.07, 6.45) is 0.852. The van der Waals surface area contributed by atoms with Crippen molar-refractivity contribution < 1.29 is 14.3 Å². The van der Waals surface area contributed by atoms with Crippen molar-refractivity contribution in [2.75, 3.05) is 19.5 Å². The first-order chi connectivity index (χ1) is 12.7. The third-order valence-electron chi connectivity index (χ3n) is 4.01. The molecule has 0 saturated heterocycles. The summed E-state index contributed by atoms with van der Waals surface area (Å²) in [5.74, 6) is 1.07. The van der Waals surface area contributed by atoms with Crippen molar-refractivity contribution in [1.29, 1.82) is 0 Å². The number of aryl methyl sites for hydroxylation is 1. The van der Waals surface area contributed by atoms with Crippen molar-refractivity contribution in [3.05, 3.63) is 59.1 Å². The molecule has 0 unspecified atom stereocenters.